The Morgan fingerprint density at radius 1 is 1.17 bits per heavy atom. The highest BCUT2D eigenvalue weighted by molar-refractivity contribution is 7.19. The van der Waals surface area contributed by atoms with Gasteiger partial charge in [0.25, 0.3) is 0 Å². The smallest absolute Gasteiger partial charge is 0.197 e. The van der Waals surface area contributed by atoms with Gasteiger partial charge in [0.2, 0.25) is 0 Å². The largest absolute Gasteiger partial charge is 0.496 e. The summed E-state index contributed by atoms with van der Waals surface area (Å²) in [5.41, 5.74) is 3.11. The molecule has 1 heterocycles. The van der Waals surface area contributed by atoms with Crippen molar-refractivity contribution in [3.63, 3.8) is 0 Å². The molecule has 0 aliphatic carbocycles. The van der Waals surface area contributed by atoms with E-state index in [0.717, 1.165) is 26.4 Å². The first-order chi connectivity index (χ1) is 11.7. The van der Waals surface area contributed by atoms with Gasteiger partial charge in [0, 0.05) is 5.56 Å². The molecule has 4 nitrogen and oxygen atoms in total. The fourth-order valence-electron chi connectivity index (χ4n) is 2.48. The third-order valence-electron chi connectivity index (χ3n) is 3.74. The number of ether oxygens (including phenoxy) is 2. The van der Waals surface area contributed by atoms with E-state index in [0.29, 0.717) is 17.2 Å². The number of para-hydroxylation sites is 1. The van der Waals surface area contributed by atoms with Gasteiger partial charge >= 0.3 is 0 Å². The van der Waals surface area contributed by atoms with Crippen LogP contribution in [0.1, 0.15) is 16.1 Å². The molecule has 0 aliphatic heterocycles. The van der Waals surface area contributed by atoms with Crippen molar-refractivity contribution in [3.8, 4) is 11.5 Å². The van der Waals surface area contributed by atoms with Crippen molar-refractivity contribution in [1.82, 2.24) is 4.98 Å². The number of hydrogen-bond donors (Lipinski definition) is 0. The number of thiazole rings is 1. The van der Waals surface area contributed by atoms with Crippen LogP contribution >= 0.6 is 11.3 Å². The molecule has 0 amide bonds. The average molecular weight is 336 g/mol. The minimum absolute atomic E-state index is 0.505. The zero-order valence-electron chi connectivity index (χ0n) is 13.7. The molecule has 0 atom stereocenters. The lowest BCUT2D eigenvalue weighted by atomic mass is 10.1. The van der Waals surface area contributed by atoms with Gasteiger partial charge in [-0.25, -0.2) is 9.83 Å². The molecule has 0 fully saturated rings. The van der Waals surface area contributed by atoms with Gasteiger partial charge in [0.15, 0.2) is 5.70 Å². The zero-order valence-corrected chi connectivity index (χ0v) is 14.5. The number of benzene rings is 2. The molecule has 0 N–H and O–H groups in total. The predicted octanol–water partition coefficient (Wildman–Crippen LogP) is 5.04. The molecule has 3 aromatic rings. The maximum atomic E-state index is 7.54. The maximum Gasteiger partial charge on any atom is 0.197 e. The molecule has 0 bridgehead atoms. The summed E-state index contributed by atoms with van der Waals surface area (Å²) in [6, 6.07) is 11.7. The summed E-state index contributed by atoms with van der Waals surface area (Å²) >= 11 is 1.57. The molecular weight excluding hydrogens is 320 g/mol. The second-order valence-electron chi connectivity index (χ2n) is 5.17. The van der Waals surface area contributed by atoms with Crippen molar-refractivity contribution >= 4 is 33.3 Å². The fourth-order valence-corrected chi connectivity index (χ4v) is 3.39. The number of methoxy groups -OCH3 is 2. The lowest BCUT2D eigenvalue weighted by Crippen LogP contribution is -1.94. The zero-order chi connectivity index (χ0) is 17.1. The standard InChI is InChI=1S/C19H16N2O2S/c1-12-16(22-3)9-13(10-17(12)23-4)15(20-2)11-19-21-14-7-5-6-8-18(14)24-19/h5-11H,1,3-4H3/b15-11-. The monoisotopic (exact) mass is 336 g/mol. The fraction of sp³-hybridized carbons (Fsp3) is 0.158. The molecule has 0 spiro atoms. The van der Waals surface area contributed by atoms with Gasteiger partial charge in [-0.1, -0.05) is 12.1 Å². The van der Waals surface area contributed by atoms with Crippen LogP contribution < -0.4 is 9.47 Å². The third kappa shape index (κ3) is 2.97. The number of aromatic nitrogens is 1. The molecule has 0 radical (unpaired) electrons. The van der Waals surface area contributed by atoms with Gasteiger partial charge in [0.1, 0.15) is 16.5 Å². The highest BCUT2D eigenvalue weighted by Gasteiger charge is 2.12. The molecule has 3 rings (SSSR count). The van der Waals surface area contributed by atoms with Crippen LogP contribution in [-0.4, -0.2) is 19.2 Å². The van der Waals surface area contributed by atoms with Crippen LogP contribution in [0.3, 0.4) is 0 Å². The topological polar surface area (TPSA) is 35.7 Å². The van der Waals surface area contributed by atoms with Gasteiger partial charge in [-0.05, 0) is 42.8 Å². The quantitative estimate of drug-likeness (QED) is 0.626. The van der Waals surface area contributed by atoms with Gasteiger partial charge in [-0.2, -0.15) is 0 Å². The van der Waals surface area contributed by atoms with Crippen molar-refractivity contribution in [2.45, 2.75) is 6.92 Å². The molecule has 5 heteroatoms. The van der Waals surface area contributed by atoms with Gasteiger partial charge in [-0.3, -0.25) is 0 Å². The first-order valence-corrected chi connectivity index (χ1v) is 8.15. The van der Waals surface area contributed by atoms with Gasteiger partial charge < -0.3 is 9.47 Å². The Bertz CT molecular complexity index is 909. The lowest BCUT2D eigenvalue weighted by Gasteiger charge is -2.12. The Labute approximate surface area is 144 Å². The number of nitrogens with zero attached hydrogens (tertiary/aromatic N) is 2. The Morgan fingerprint density at radius 2 is 1.83 bits per heavy atom. The van der Waals surface area contributed by atoms with Crippen molar-refractivity contribution in [1.29, 1.82) is 0 Å². The van der Waals surface area contributed by atoms with Crippen LogP contribution in [0.4, 0.5) is 0 Å². The van der Waals surface area contributed by atoms with Gasteiger partial charge in [-0.15, -0.1) is 11.3 Å². The first-order valence-electron chi connectivity index (χ1n) is 7.34. The lowest BCUT2D eigenvalue weighted by molar-refractivity contribution is 0.388. The Hall–Kier alpha value is -2.84. The summed E-state index contributed by atoms with van der Waals surface area (Å²) in [5.74, 6) is 1.39. The first kappa shape index (κ1) is 16.0. The molecule has 120 valence electrons. The minimum Gasteiger partial charge on any atom is -0.496 e. The van der Waals surface area contributed by atoms with E-state index < -0.39 is 0 Å². The Morgan fingerprint density at radius 3 is 2.42 bits per heavy atom. The van der Waals surface area contributed by atoms with Crippen LogP contribution in [0.5, 0.6) is 11.5 Å². The summed E-state index contributed by atoms with van der Waals surface area (Å²) < 4.78 is 11.9. The molecule has 24 heavy (non-hydrogen) atoms. The van der Waals surface area contributed by atoms with Crippen LogP contribution in [0.2, 0.25) is 0 Å². The normalized spacial score (nSPS) is 11.3. The molecule has 1 aromatic heterocycles. The summed E-state index contributed by atoms with van der Waals surface area (Å²) in [4.78, 5) is 8.24. The van der Waals surface area contributed by atoms with Gasteiger partial charge in [0.05, 0.1) is 31.0 Å². The van der Waals surface area contributed by atoms with E-state index in [4.69, 9.17) is 16.0 Å². The summed E-state index contributed by atoms with van der Waals surface area (Å²) in [5, 5.41) is 0.806. The van der Waals surface area contributed by atoms with E-state index in [2.05, 4.69) is 9.83 Å². The van der Waals surface area contributed by atoms with Crippen molar-refractivity contribution in [2.24, 2.45) is 0 Å². The molecule has 0 aliphatic rings. The minimum atomic E-state index is 0.505. The molecule has 2 aromatic carbocycles. The third-order valence-corrected chi connectivity index (χ3v) is 4.72. The Balaban J connectivity index is 2.10. The van der Waals surface area contributed by atoms with E-state index in [-0.39, 0.29) is 0 Å². The van der Waals surface area contributed by atoms with Crippen molar-refractivity contribution in [2.75, 3.05) is 14.2 Å². The van der Waals surface area contributed by atoms with Crippen LogP contribution in [0.25, 0.3) is 26.8 Å². The summed E-state index contributed by atoms with van der Waals surface area (Å²) in [6.45, 7) is 9.47. The Kier molecular flexibility index (Phi) is 4.50. The van der Waals surface area contributed by atoms with E-state index in [1.54, 1.807) is 31.6 Å². The van der Waals surface area contributed by atoms with E-state index in [1.807, 2.05) is 43.3 Å². The maximum absolute atomic E-state index is 7.54. The molecule has 0 saturated heterocycles. The summed E-state index contributed by atoms with van der Waals surface area (Å²) in [6.07, 6.45) is 1.81. The molecule has 0 unspecified atom stereocenters. The molecular formula is C19H16N2O2S. The SMILES string of the molecule is [C-]#[N+]/C(=C\c1nc2ccccc2s1)c1cc(OC)c(C)c(OC)c1. The summed E-state index contributed by atoms with van der Waals surface area (Å²) in [7, 11) is 3.22. The second-order valence-corrected chi connectivity index (χ2v) is 6.23. The number of hydrogen-bond acceptors (Lipinski definition) is 4. The number of fused-ring (bicyclic) bond motifs is 1. The van der Waals surface area contributed by atoms with Crippen molar-refractivity contribution in [3.05, 3.63) is 63.9 Å². The molecule has 0 saturated carbocycles. The highest BCUT2D eigenvalue weighted by atomic mass is 32.1. The van der Waals surface area contributed by atoms with E-state index in [9.17, 15) is 0 Å². The van der Waals surface area contributed by atoms with Crippen molar-refractivity contribution < 1.29 is 9.47 Å². The van der Waals surface area contributed by atoms with Crippen LogP contribution in [-0.2, 0) is 0 Å². The van der Waals surface area contributed by atoms with Crippen LogP contribution in [0, 0.1) is 13.5 Å². The second kappa shape index (κ2) is 6.73. The van der Waals surface area contributed by atoms with E-state index >= 15 is 0 Å². The van der Waals surface area contributed by atoms with E-state index in [1.165, 1.54) is 0 Å². The highest BCUT2D eigenvalue weighted by Crippen LogP contribution is 2.34. The predicted molar refractivity (Wildman–Crippen MR) is 98.4 cm³/mol. The average Bonchev–Trinajstić information content (AvgIpc) is 3.02. The number of rotatable bonds is 4. The van der Waals surface area contributed by atoms with Crippen LogP contribution in [0.15, 0.2) is 36.4 Å².